The third-order valence-electron chi connectivity index (χ3n) is 4.86. The summed E-state index contributed by atoms with van der Waals surface area (Å²) in [7, 11) is 0. The quantitative estimate of drug-likeness (QED) is 0.773. The van der Waals surface area contributed by atoms with Crippen molar-refractivity contribution in [2.24, 2.45) is 5.92 Å². The van der Waals surface area contributed by atoms with E-state index >= 15 is 0 Å². The molecule has 2 aliphatic rings. The van der Waals surface area contributed by atoms with Gasteiger partial charge in [0.1, 0.15) is 0 Å². The van der Waals surface area contributed by atoms with Gasteiger partial charge in [0.05, 0.1) is 12.1 Å². The van der Waals surface area contributed by atoms with Crippen molar-refractivity contribution in [2.45, 2.75) is 31.9 Å². The van der Waals surface area contributed by atoms with Gasteiger partial charge in [-0.25, -0.2) is 0 Å². The average Bonchev–Trinajstić information content (AvgIpc) is 2.55. The molecule has 2 aromatic rings. The van der Waals surface area contributed by atoms with E-state index in [-0.39, 0.29) is 6.10 Å². The fourth-order valence-electron chi connectivity index (χ4n) is 3.75. The van der Waals surface area contributed by atoms with Crippen molar-refractivity contribution < 1.29 is 4.74 Å². The topological polar surface area (TPSA) is 21.3 Å². The van der Waals surface area contributed by atoms with Gasteiger partial charge >= 0.3 is 0 Å². The number of nitrogens with one attached hydrogen (secondary N) is 1. The normalized spacial score (nSPS) is 26.7. The monoisotopic (exact) mass is 313 g/mol. The van der Waals surface area contributed by atoms with Gasteiger partial charge in [-0.2, -0.15) is 0 Å². The van der Waals surface area contributed by atoms with Crippen LogP contribution in [0.15, 0.2) is 42.5 Å². The first-order chi connectivity index (χ1) is 10.7. The van der Waals surface area contributed by atoms with E-state index in [1.165, 1.54) is 23.1 Å². The fourth-order valence-corrected chi connectivity index (χ4v) is 3.93. The highest BCUT2D eigenvalue weighted by Crippen LogP contribution is 2.49. The van der Waals surface area contributed by atoms with Crippen LogP contribution in [0.25, 0.3) is 0 Å². The molecule has 0 saturated carbocycles. The van der Waals surface area contributed by atoms with Crippen LogP contribution >= 0.6 is 11.6 Å². The Labute approximate surface area is 136 Å². The predicted molar refractivity (Wildman–Crippen MR) is 90.4 cm³/mol. The van der Waals surface area contributed by atoms with Crippen molar-refractivity contribution in [1.82, 2.24) is 0 Å². The zero-order chi connectivity index (χ0) is 15.1. The van der Waals surface area contributed by atoms with Crippen molar-refractivity contribution in [3.05, 3.63) is 64.2 Å². The zero-order valence-electron chi connectivity index (χ0n) is 12.7. The Hall–Kier alpha value is -1.51. The Morgan fingerprint density at radius 3 is 2.77 bits per heavy atom. The molecule has 1 N–H and O–H groups in total. The van der Waals surface area contributed by atoms with Crippen LogP contribution in [0.2, 0.25) is 5.02 Å². The summed E-state index contributed by atoms with van der Waals surface area (Å²) in [5.41, 5.74) is 4.99. The molecule has 1 unspecified atom stereocenters. The van der Waals surface area contributed by atoms with Crippen molar-refractivity contribution in [3.8, 4) is 0 Å². The molecule has 0 bridgehead atoms. The van der Waals surface area contributed by atoms with Gasteiger partial charge in [0.2, 0.25) is 0 Å². The van der Waals surface area contributed by atoms with Gasteiger partial charge in [-0.05, 0) is 43.5 Å². The summed E-state index contributed by atoms with van der Waals surface area (Å²) in [5.74, 6) is 0.461. The predicted octanol–water partition coefficient (Wildman–Crippen LogP) is 5.28. The number of aryl methyl sites for hydroxylation is 1. The number of ether oxygens (including phenoxy) is 1. The number of fused-ring (bicyclic) bond motifs is 3. The minimum absolute atomic E-state index is 0.148. The smallest absolute Gasteiger partial charge is 0.0896 e. The first kappa shape index (κ1) is 14.1. The maximum Gasteiger partial charge on any atom is 0.0896 e. The Bertz CT molecular complexity index is 682. The van der Waals surface area contributed by atoms with Crippen LogP contribution in [0.1, 0.15) is 41.7 Å². The molecule has 114 valence electrons. The van der Waals surface area contributed by atoms with Gasteiger partial charge in [-0.1, -0.05) is 41.4 Å². The van der Waals surface area contributed by atoms with Crippen LogP contribution in [-0.2, 0) is 4.74 Å². The SMILES string of the molecule is Cc1ccc(C2Nc3ccc(Cl)cc3[C@H]3OCCC[C@@H]23)cc1. The number of halogens is 1. The van der Waals surface area contributed by atoms with E-state index in [0.717, 1.165) is 23.7 Å². The van der Waals surface area contributed by atoms with Gasteiger partial charge in [0.15, 0.2) is 0 Å². The molecular formula is C19H20ClNO. The van der Waals surface area contributed by atoms with E-state index in [2.05, 4.69) is 48.6 Å². The number of benzene rings is 2. The van der Waals surface area contributed by atoms with E-state index < -0.39 is 0 Å². The molecule has 2 aromatic carbocycles. The molecule has 0 aromatic heterocycles. The van der Waals surface area contributed by atoms with Crippen molar-refractivity contribution in [3.63, 3.8) is 0 Å². The third-order valence-corrected chi connectivity index (χ3v) is 5.10. The highest BCUT2D eigenvalue weighted by Gasteiger charge is 2.39. The second-order valence-electron chi connectivity index (χ2n) is 6.36. The van der Waals surface area contributed by atoms with Crippen molar-refractivity contribution >= 4 is 17.3 Å². The largest absolute Gasteiger partial charge is 0.378 e. The zero-order valence-corrected chi connectivity index (χ0v) is 13.4. The first-order valence-corrected chi connectivity index (χ1v) is 8.34. The molecule has 4 rings (SSSR count). The molecule has 3 atom stereocenters. The van der Waals surface area contributed by atoms with Crippen LogP contribution in [0, 0.1) is 12.8 Å². The van der Waals surface area contributed by atoms with E-state index in [1.807, 2.05) is 6.07 Å². The van der Waals surface area contributed by atoms with Crippen LogP contribution in [0.4, 0.5) is 5.69 Å². The lowest BCUT2D eigenvalue weighted by Crippen LogP contribution is -2.35. The van der Waals surface area contributed by atoms with Crippen LogP contribution < -0.4 is 5.32 Å². The highest BCUT2D eigenvalue weighted by atomic mass is 35.5. The van der Waals surface area contributed by atoms with Crippen LogP contribution in [-0.4, -0.2) is 6.61 Å². The van der Waals surface area contributed by atoms with Gasteiger partial charge in [-0.15, -0.1) is 0 Å². The van der Waals surface area contributed by atoms with Gasteiger partial charge in [0.25, 0.3) is 0 Å². The van der Waals surface area contributed by atoms with Gasteiger partial charge < -0.3 is 10.1 Å². The lowest BCUT2D eigenvalue weighted by atomic mass is 9.77. The molecule has 2 nitrogen and oxygen atoms in total. The summed E-state index contributed by atoms with van der Waals surface area (Å²) < 4.78 is 6.14. The van der Waals surface area contributed by atoms with Crippen LogP contribution in [0.5, 0.6) is 0 Å². The van der Waals surface area contributed by atoms with Crippen LogP contribution in [0.3, 0.4) is 0 Å². The summed E-state index contributed by atoms with van der Waals surface area (Å²) in [6, 6.07) is 15.2. The van der Waals surface area contributed by atoms with Gasteiger partial charge in [0, 0.05) is 28.8 Å². The van der Waals surface area contributed by atoms with E-state index in [4.69, 9.17) is 16.3 Å². The Morgan fingerprint density at radius 2 is 1.95 bits per heavy atom. The van der Waals surface area contributed by atoms with E-state index in [0.29, 0.717) is 12.0 Å². The Morgan fingerprint density at radius 1 is 1.14 bits per heavy atom. The molecule has 0 spiro atoms. The minimum Gasteiger partial charge on any atom is -0.378 e. The van der Waals surface area contributed by atoms with Gasteiger partial charge in [-0.3, -0.25) is 0 Å². The number of hydrogen-bond donors (Lipinski definition) is 1. The molecule has 22 heavy (non-hydrogen) atoms. The molecule has 2 aliphatic heterocycles. The molecule has 1 saturated heterocycles. The fraction of sp³-hybridized carbons (Fsp3) is 0.368. The summed E-state index contributed by atoms with van der Waals surface area (Å²) in [6.45, 7) is 2.97. The maximum absolute atomic E-state index is 6.20. The second-order valence-corrected chi connectivity index (χ2v) is 6.80. The Kier molecular flexibility index (Phi) is 3.59. The van der Waals surface area contributed by atoms with E-state index in [9.17, 15) is 0 Å². The number of rotatable bonds is 1. The summed E-state index contributed by atoms with van der Waals surface area (Å²) in [6.07, 6.45) is 2.46. The third kappa shape index (κ3) is 2.41. The molecule has 2 heterocycles. The number of hydrogen-bond acceptors (Lipinski definition) is 2. The maximum atomic E-state index is 6.20. The Balaban J connectivity index is 1.77. The summed E-state index contributed by atoms with van der Waals surface area (Å²) in [5, 5.41) is 4.50. The molecule has 3 heteroatoms. The molecule has 0 aliphatic carbocycles. The molecular weight excluding hydrogens is 294 g/mol. The molecule has 1 fully saturated rings. The van der Waals surface area contributed by atoms with Crippen molar-refractivity contribution in [2.75, 3.05) is 11.9 Å². The summed E-state index contributed by atoms with van der Waals surface area (Å²) >= 11 is 6.20. The summed E-state index contributed by atoms with van der Waals surface area (Å²) in [4.78, 5) is 0. The lowest BCUT2D eigenvalue weighted by molar-refractivity contribution is -0.0381. The average molecular weight is 314 g/mol. The molecule has 0 amide bonds. The highest BCUT2D eigenvalue weighted by molar-refractivity contribution is 6.30. The number of anilines is 1. The second kappa shape index (κ2) is 5.60. The lowest BCUT2D eigenvalue weighted by Gasteiger charge is -2.43. The molecule has 0 radical (unpaired) electrons. The van der Waals surface area contributed by atoms with Crippen molar-refractivity contribution in [1.29, 1.82) is 0 Å². The standard InChI is InChI=1S/C19H20ClNO/c1-12-4-6-13(7-5-12)18-15-3-2-10-22-19(15)16-11-14(20)8-9-17(16)21-18/h4-9,11,15,18-19,21H,2-3,10H2,1H3/t15-,18?,19-/m0/s1. The minimum atomic E-state index is 0.148. The first-order valence-electron chi connectivity index (χ1n) is 7.96. The van der Waals surface area contributed by atoms with E-state index in [1.54, 1.807) is 0 Å².